The molecule has 1 aliphatic heterocycles. The molecule has 0 aliphatic carbocycles. The van der Waals surface area contributed by atoms with Crippen LogP contribution in [0.4, 0.5) is 0 Å². The Bertz CT molecular complexity index is 900. The zero-order valence-electron chi connectivity index (χ0n) is 14.6. The van der Waals surface area contributed by atoms with Gasteiger partial charge in [-0.15, -0.1) is 0 Å². The second-order valence-corrected chi connectivity index (χ2v) is 6.01. The third kappa shape index (κ3) is 2.57. The number of nitrogens with zero attached hydrogens (tertiary/aromatic N) is 2. The van der Waals surface area contributed by atoms with Gasteiger partial charge in [-0.1, -0.05) is 12.1 Å². The third-order valence-electron chi connectivity index (χ3n) is 4.59. The van der Waals surface area contributed by atoms with Crippen LogP contribution in [0.25, 0.3) is 11.5 Å². The molecule has 0 spiro atoms. The van der Waals surface area contributed by atoms with Crippen LogP contribution in [0.1, 0.15) is 27.7 Å². The normalized spacial score (nSPS) is 16.2. The van der Waals surface area contributed by atoms with Gasteiger partial charge in [0, 0.05) is 19.2 Å². The van der Waals surface area contributed by atoms with E-state index in [2.05, 4.69) is 10.2 Å². The SMILES string of the molecule is COCCN1C(=O)c2n[nH]c(-c3ccco3)c2[C@@H]1c1ccc(OC)cc1. The molecular formula is C19H19N3O4. The number of ether oxygens (including phenoxy) is 2. The molecule has 26 heavy (non-hydrogen) atoms. The fourth-order valence-corrected chi connectivity index (χ4v) is 3.35. The number of nitrogens with one attached hydrogen (secondary N) is 1. The third-order valence-corrected chi connectivity index (χ3v) is 4.59. The lowest BCUT2D eigenvalue weighted by Gasteiger charge is -2.26. The first-order valence-electron chi connectivity index (χ1n) is 8.30. The van der Waals surface area contributed by atoms with Crippen molar-refractivity contribution in [3.63, 3.8) is 0 Å². The van der Waals surface area contributed by atoms with Crippen molar-refractivity contribution in [1.29, 1.82) is 0 Å². The summed E-state index contributed by atoms with van der Waals surface area (Å²) in [6.07, 6.45) is 1.60. The molecule has 1 aromatic carbocycles. The van der Waals surface area contributed by atoms with Crippen molar-refractivity contribution in [3.05, 3.63) is 59.5 Å². The van der Waals surface area contributed by atoms with Gasteiger partial charge in [0.25, 0.3) is 5.91 Å². The summed E-state index contributed by atoms with van der Waals surface area (Å²) >= 11 is 0. The van der Waals surface area contributed by atoms with Crippen molar-refractivity contribution in [1.82, 2.24) is 15.1 Å². The molecule has 0 saturated carbocycles. The number of benzene rings is 1. The minimum atomic E-state index is -0.266. The smallest absolute Gasteiger partial charge is 0.275 e. The molecule has 134 valence electrons. The van der Waals surface area contributed by atoms with Crippen LogP contribution < -0.4 is 4.74 Å². The van der Waals surface area contributed by atoms with Gasteiger partial charge in [0.1, 0.15) is 11.4 Å². The van der Waals surface area contributed by atoms with Crippen LogP contribution >= 0.6 is 0 Å². The number of carbonyl (C=O) groups excluding carboxylic acids is 1. The first-order valence-corrected chi connectivity index (χ1v) is 8.30. The van der Waals surface area contributed by atoms with Crippen molar-refractivity contribution in [2.75, 3.05) is 27.4 Å². The number of amides is 1. The van der Waals surface area contributed by atoms with E-state index in [9.17, 15) is 4.79 Å². The number of carbonyl (C=O) groups is 1. The van der Waals surface area contributed by atoms with Gasteiger partial charge >= 0.3 is 0 Å². The quantitative estimate of drug-likeness (QED) is 0.737. The Kier molecular flexibility index (Phi) is 4.22. The summed E-state index contributed by atoms with van der Waals surface area (Å²) < 4.78 is 16.0. The van der Waals surface area contributed by atoms with Crippen molar-refractivity contribution >= 4 is 5.91 Å². The van der Waals surface area contributed by atoms with Gasteiger partial charge in [-0.3, -0.25) is 9.89 Å². The molecule has 7 heteroatoms. The summed E-state index contributed by atoms with van der Waals surface area (Å²) in [5.41, 5.74) is 2.95. The van der Waals surface area contributed by atoms with E-state index in [-0.39, 0.29) is 11.9 Å². The highest BCUT2D eigenvalue weighted by atomic mass is 16.5. The Balaban J connectivity index is 1.82. The van der Waals surface area contributed by atoms with E-state index in [1.165, 1.54) is 0 Å². The Morgan fingerprint density at radius 2 is 2.04 bits per heavy atom. The molecule has 7 nitrogen and oxygen atoms in total. The number of aromatic nitrogens is 2. The first kappa shape index (κ1) is 16.4. The van der Waals surface area contributed by atoms with Crippen molar-refractivity contribution < 1.29 is 18.7 Å². The lowest BCUT2D eigenvalue weighted by atomic mass is 9.98. The monoisotopic (exact) mass is 353 g/mol. The number of hydrogen-bond donors (Lipinski definition) is 1. The first-order chi connectivity index (χ1) is 12.7. The van der Waals surface area contributed by atoms with Crippen LogP contribution in [0.15, 0.2) is 47.1 Å². The average molecular weight is 353 g/mol. The van der Waals surface area contributed by atoms with Crippen molar-refractivity contribution in [2.24, 2.45) is 0 Å². The Hall–Kier alpha value is -3.06. The lowest BCUT2D eigenvalue weighted by Crippen LogP contribution is -2.32. The molecule has 1 amide bonds. The number of furan rings is 1. The molecule has 3 heterocycles. The maximum Gasteiger partial charge on any atom is 0.275 e. The fraction of sp³-hybridized carbons (Fsp3) is 0.263. The zero-order chi connectivity index (χ0) is 18.1. The average Bonchev–Trinajstić information content (AvgIpc) is 3.38. The van der Waals surface area contributed by atoms with Crippen molar-refractivity contribution in [2.45, 2.75) is 6.04 Å². The van der Waals surface area contributed by atoms with Crippen LogP contribution in [0.5, 0.6) is 5.75 Å². The van der Waals surface area contributed by atoms with E-state index < -0.39 is 0 Å². The number of methoxy groups -OCH3 is 2. The molecule has 2 aromatic heterocycles. The number of aromatic amines is 1. The van der Waals surface area contributed by atoms with Gasteiger partial charge in [0.15, 0.2) is 11.5 Å². The summed E-state index contributed by atoms with van der Waals surface area (Å²) in [6.45, 7) is 0.919. The maximum absolute atomic E-state index is 12.9. The Morgan fingerprint density at radius 3 is 2.69 bits per heavy atom. The van der Waals surface area contributed by atoms with Crippen LogP contribution in [0.2, 0.25) is 0 Å². The molecule has 0 radical (unpaired) electrons. The van der Waals surface area contributed by atoms with E-state index in [1.807, 2.05) is 36.4 Å². The second kappa shape index (κ2) is 6.68. The Labute approximate surface area is 150 Å². The van der Waals surface area contributed by atoms with E-state index in [0.717, 1.165) is 22.6 Å². The molecular weight excluding hydrogens is 334 g/mol. The molecule has 3 aromatic rings. The van der Waals surface area contributed by atoms with Crippen LogP contribution in [0, 0.1) is 0 Å². The lowest BCUT2D eigenvalue weighted by molar-refractivity contribution is 0.0677. The second-order valence-electron chi connectivity index (χ2n) is 6.01. The van der Waals surface area contributed by atoms with Gasteiger partial charge in [-0.05, 0) is 29.8 Å². The van der Waals surface area contributed by atoms with Gasteiger partial charge in [0.2, 0.25) is 0 Å². The standard InChI is InChI=1S/C19H19N3O4/c1-24-11-9-22-18(12-5-7-13(25-2)8-6-12)15-16(14-4-3-10-26-14)20-21-17(15)19(22)23/h3-8,10,18H,9,11H2,1-2H3,(H,20,21)/t18-/m0/s1. The molecule has 0 unspecified atom stereocenters. The van der Waals surface area contributed by atoms with E-state index in [1.54, 1.807) is 25.4 Å². The molecule has 1 N–H and O–H groups in total. The number of hydrogen-bond acceptors (Lipinski definition) is 5. The largest absolute Gasteiger partial charge is 0.497 e. The Morgan fingerprint density at radius 1 is 1.23 bits per heavy atom. The highest BCUT2D eigenvalue weighted by Crippen LogP contribution is 2.42. The molecule has 1 aliphatic rings. The summed E-state index contributed by atoms with van der Waals surface area (Å²) in [5.74, 6) is 1.30. The highest BCUT2D eigenvalue weighted by Gasteiger charge is 2.42. The van der Waals surface area contributed by atoms with Gasteiger partial charge in [0.05, 0.1) is 26.0 Å². The highest BCUT2D eigenvalue weighted by molar-refractivity contribution is 5.99. The van der Waals surface area contributed by atoms with Crippen molar-refractivity contribution in [3.8, 4) is 17.2 Å². The fourth-order valence-electron chi connectivity index (χ4n) is 3.35. The zero-order valence-corrected chi connectivity index (χ0v) is 14.6. The van der Waals surface area contributed by atoms with Crippen LogP contribution in [0.3, 0.4) is 0 Å². The van der Waals surface area contributed by atoms with Crippen LogP contribution in [-0.4, -0.2) is 48.4 Å². The molecule has 0 saturated heterocycles. The van der Waals surface area contributed by atoms with Gasteiger partial charge < -0.3 is 18.8 Å². The summed E-state index contributed by atoms with van der Waals surface area (Å²) in [6, 6.07) is 11.1. The number of rotatable bonds is 6. The molecule has 0 bridgehead atoms. The topological polar surface area (TPSA) is 80.6 Å². The van der Waals surface area contributed by atoms with Gasteiger partial charge in [-0.2, -0.15) is 5.10 Å². The molecule has 1 atom stereocenters. The van der Waals surface area contributed by atoms with E-state index in [4.69, 9.17) is 13.9 Å². The van der Waals surface area contributed by atoms with E-state index in [0.29, 0.717) is 24.6 Å². The minimum absolute atomic E-state index is 0.119. The number of H-pyrrole nitrogens is 1. The number of fused-ring (bicyclic) bond motifs is 1. The molecule has 4 rings (SSSR count). The summed E-state index contributed by atoms with van der Waals surface area (Å²) in [4.78, 5) is 14.7. The molecule has 0 fully saturated rings. The predicted molar refractivity (Wildman–Crippen MR) is 94.0 cm³/mol. The summed E-state index contributed by atoms with van der Waals surface area (Å²) in [5, 5.41) is 7.22. The van der Waals surface area contributed by atoms with Crippen LogP contribution in [-0.2, 0) is 4.74 Å². The van der Waals surface area contributed by atoms with E-state index >= 15 is 0 Å². The predicted octanol–water partition coefficient (Wildman–Crippen LogP) is 2.87. The summed E-state index contributed by atoms with van der Waals surface area (Å²) in [7, 11) is 3.25. The minimum Gasteiger partial charge on any atom is -0.497 e. The van der Waals surface area contributed by atoms with Gasteiger partial charge in [-0.25, -0.2) is 0 Å². The maximum atomic E-state index is 12.9.